The largest absolute Gasteiger partial charge is 0.515 e. The highest BCUT2D eigenvalue weighted by Gasteiger charge is 2.63. The number of esters is 2. The zero-order chi connectivity index (χ0) is 23.0. The van der Waals surface area contributed by atoms with Crippen molar-refractivity contribution in [3.63, 3.8) is 0 Å². The number of Topliss-reactive ketones (excluding diaryl/α,β-unsaturated/α-hetero) is 1. The Morgan fingerprint density at radius 1 is 1.38 bits per heavy atom. The first kappa shape index (κ1) is 21.1. The highest BCUT2D eigenvalue weighted by Crippen LogP contribution is 2.64. The van der Waals surface area contributed by atoms with Gasteiger partial charge in [-0.1, -0.05) is 13.7 Å². The molecule has 1 aliphatic heterocycles. The predicted molar refractivity (Wildman–Crippen MR) is 117 cm³/mol. The second kappa shape index (κ2) is 6.86. The normalized spacial score (nSPS) is 36.4. The Labute approximate surface area is 187 Å². The van der Waals surface area contributed by atoms with Crippen molar-refractivity contribution in [3.8, 4) is 0 Å². The third kappa shape index (κ3) is 2.46. The molecular weight excluding hydrogens is 411 g/mol. The molecule has 32 heavy (non-hydrogen) atoms. The second-order valence-electron chi connectivity index (χ2n) is 9.84. The van der Waals surface area contributed by atoms with Crippen LogP contribution in [0.3, 0.4) is 0 Å². The van der Waals surface area contributed by atoms with Crippen LogP contribution in [0.5, 0.6) is 0 Å². The van der Waals surface area contributed by atoms with Gasteiger partial charge in [0.1, 0.15) is 42.9 Å². The quantitative estimate of drug-likeness (QED) is 0.438. The number of ether oxygens (including phenoxy) is 2. The molecule has 5 rings (SSSR count). The monoisotopic (exact) mass is 438 g/mol. The molecule has 1 saturated carbocycles. The van der Waals surface area contributed by atoms with Gasteiger partial charge in [0.2, 0.25) is 0 Å². The summed E-state index contributed by atoms with van der Waals surface area (Å²) in [5.41, 5.74) is 1.60. The molecule has 1 fully saturated rings. The van der Waals surface area contributed by atoms with E-state index in [0.717, 1.165) is 24.7 Å². The Morgan fingerprint density at radius 2 is 2.12 bits per heavy atom. The van der Waals surface area contributed by atoms with Gasteiger partial charge in [0, 0.05) is 30.7 Å². The topological polar surface area (TPSA) is 103 Å². The lowest BCUT2D eigenvalue weighted by atomic mass is 9.52. The molecule has 5 atom stereocenters. The minimum Gasteiger partial charge on any atom is -0.515 e. The molecule has 7 nitrogen and oxygen atoms in total. The van der Waals surface area contributed by atoms with Crippen molar-refractivity contribution >= 4 is 30.6 Å². The minimum absolute atomic E-state index is 0.139. The molecule has 1 aromatic rings. The Hall–Kier alpha value is -2.77. The van der Waals surface area contributed by atoms with E-state index >= 15 is 0 Å². The van der Waals surface area contributed by atoms with E-state index in [4.69, 9.17) is 13.9 Å². The van der Waals surface area contributed by atoms with Gasteiger partial charge >= 0.3 is 11.9 Å². The van der Waals surface area contributed by atoms with Gasteiger partial charge in [-0.05, 0) is 36.7 Å². The van der Waals surface area contributed by atoms with E-state index < -0.39 is 35.0 Å². The summed E-state index contributed by atoms with van der Waals surface area (Å²) in [5, 5.41) is 10.4. The summed E-state index contributed by atoms with van der Waals surface area (Å²) in [5.74, 6) is -0.460. The number of fused-ring (bicyclic) bond motifs is 3. The van der Waals surface area contributed by atoms with Crippen LogP contribution >= 0.6 is 0 Å². The van der Waals surface area contributed by atoms with Crippen molar-refractivity contribution in [2.75, 3.05) is 0 Å². The van der Waals surface area contributed by atoms with Crippen LogP contribution in [0.1, 0.15) is 61.7 Å². The Balaban J connectivity index is 1.85. The molecule has 5 unspecified atom stereocenters. The summed E-state index contributed by atoms with van der Waals surface area (Å²) in [6.45, 7) is 7.32. The van der Waals surface area contributed by atoms with Crippen LogP contribution in [-0.4, -0.2) is 42.3 Å². The molecular formula is C24H27BO7. The minimum atomic E-state index is -0.795. The number of hydrogen-bond acceptors (Lipinski definition) is 7. The van der Waals surface area contributed by atoms with E-state index in [-0.39, 0.29) is 11.7 Å². The van der Waals surface area contributed by atoms with Crippen molar-refractivity contribution in [2.24, 2.45) is 11.3 Å². The van der Waals surface area contributed by atoms with Crippen molar-refractivity contribution in [1.82, 2.24) is 0 Å². The molecule has 0 aromatic carbocycles. The van der Waals surface area contributed by atoms with Crippen LogP contribution in [-0.2, 0) is 24.5 Å². The number of aliphatic hydroxyl groups is 1. The SMILES string of the molecule is CBCC1OC(=O)c2coc3c2C1(C)C1=C(/C3=C/O)C2CCC(=O)C2(C)CC1OC(C)=O. The fourth-order valence-electron chi connectivity index (χ4n) is 6.75. The molecule has 0 spiro atoms. The zero-order valence-electron chi connectivity index (χ0n) is 18.8. The molecule has 168 valence electrons. The maximum absolute atomic E-state index is 13.0. The molecule has 3 aliphatic carbocycles. The van der Waals surface area contributed by atoms with Gasteiger partial charge in [0.15, 0.2) is 0 Å². The van der Waals surface area contributed by atoms with Gasteiger partial charge in [0.25, 0.3) is 0 Å². The average Bonchev–Trinajstić information content (AvgIpc) is 3.29. The number of hydrogen-bond donors (Lipinski definition) is 1. The van der Waals surface area contributed by atoms with Crippen LogP contribution < -0.4 is 0 Å². The first-order valence-electron chi connectivity index (χ1n) is 11.3. The van der Waals surface area contributed by atoms with E-state index in [9.17, 15) is 19.5 Å². The molecule has 0 amide bonds. The third-order valence-electron chi connectivity index (χ3n) is 8.14. The summed E-state index contributed by atoms with van der Waals surface area (Å²) >= 11 is 0. The van der Waals surface area contributed by atoms with Gasteiger partial charge in [-0.25, -0.2) is 4.79 Å². The highest BCUT2D eigenvalue weighted by molar-refractivity contribution is 6.33. The van der Waals surface area contributed by atoms with Crippen LogP contribution in [0.2, 0.25) is 13.1 Å². The highest BCUT2D eigenvalue weighted by atomic mass is 16.6. The standard InChI is InChI=1S/C24H27BO7/c1-11(27)31-15-7-23(2)14(5-6-16(23)28)18-12(9-26)21-19-13(10-30-21)22(29)32-17(8-25-4)24(19,3)20(15)18/h9-10,14-15,17,25-26H,5-8H2,1-4H3/b12-9-. The van der Waals surface area contributed by atoms with E-state index in [1.165, 1.54) is 13.2 Å². The van der Waals surface area contributed by atoms with E-state index in [1.807, 2.05) is 20.7 Å². The summed E-state index contributed by atoms with van der Waals surface area (Å²) in [6, 6.07) is 0. The summed E-state index contributed by atoms with van der Waals surface area (Å²) in [4.78, 5) is 37.9. The fraction of sp³-hybridized carbons (Fsp3) is 0.542. The number of cyclic esters (lactones) is 1. The second-order valence-corrected chi connectivity index (χ2v) is 9.84. The maximum atomic E-state index is 13.0. The first-order chi connectivity index (χ1) is 15.2. The van der Waals surface area contributed by atoms with Crippen molar-refractivity contribution in [2.45, 2.75) is 70.8 Å². The summed E-state index contributed by atoms with van der Waals surface area (Å²) in [6.07, 6.45) is 3.32. The Bertz CT molecular complexity index is 1110. The number of ketones is 1. The van der Waals surface area contributed by atoms with Gasteiger partial charge in [-0.15, -0.1) is 0 Å². The molecule has 0 radical (unpaired) electrons. The maximum Gasteiger partial charge on any atom is 0.342 e. The Morgan fingerprint density at radius 3 is 2.78 bits per heavy atom. The average molecular weight is 438 g/mol. The molecule has 1 N–H and O–H groups in total. The van der Waals surface area contributed by atoms with Gasteiger partial charge in [-0.2, -0.15) is 0 Å². The number of furan rings is 1. The number of rotatable bonds is 3. The van der Waals surface area contributed by atoms with Crippen LogP contribution in [0, 0.1) is 11.3 Å². The number of allylic oxidation sites excluding steroid dienone is 2. The zero-order valence-corrected chi connectivity index (χ0v) is 18.8. The van der Waals surface area contributed by atoms with Crippen LogP contribution in [0.15, 0.2) is 28.1 Å². The third-order valence-corrected chi connectivity index (χ3v) is 8.14. The van der Waals surface area contributed by atoms with E-state index in [0.29, 0.717) is 48.0 Å². The van der Waals surface area contributed by atoms with Gasteiger partial charge in [-0.3, -0.25) is 9.59 Å². The predicted octanol–water partition coefficient (Wildman–Crippen LogP) is 3.51. The lowest BCUT2D eigenvalue weighted by Crippen LogP contribution is -2.55. The Kier molecular flexibility index (Phi) is 4.53. The number of carbonyl (C=O) groups is 3. The van der Waals surface area contributed by atoms with Crippen LogP contribution in [0.25, 0.3) is 5.57 Å². The van der Waals surface area contributed by atoms with E-state index in [2.05, 4.69) is 0 Å². The summed E-state index contributed by atoms with van der Waals surface area (Å²) in [7, 11) is 0.791. The summed E-state index contributed by atoms with van der Waals surface area (Å²) < 4.78 is 17.6. The molecule has 8 heteroatoms. The van der Waals surface area contributed by atoms with Crippen molar-refractivity contribution < 1.29 is 33.4 Å². The van der Waals surface area contributed by atoms with Crippen molar-refractivity contribution in [1.29, 1.82) is 0 Å². The molecule has 1 aromatic heterocycles. The molecule has 0 saturated heterocycles. The fourth-order valence-corrected chi connectivity index (χ4v) is 6.75. The van der Waals surface area contributed by atoms with Gasteiger partial charge in [0.05, 0.1) is 17.3 Å². The van der Waals surface area contributed by atoms with Crippen LogP contribution in [0.4, 0.5) is 0 Å². The van der Waals surface area contributed by atoms with Crippen molar-refractivity contribution in [3.05, 3.63) is 40.6 Å². The lowest BCUT2D eigenvalue weighted by molar-refractivity contribution is -0.149. The molecule has 4 aliphatic rings. The lowest BCUT2D eigenvalue weighted by Gasteiger charge is -2.53. The number of aliphatic hydroxyl groups excluding tert-OH is 1. The van der Waals surface area contributed by atoms with Gasteiger partial charge < -0.3 is 19.0 Å². The van der Waals surface area contributed by atoms with E-state index in [1.54, 1.807) is 0 Å². The molecule has 2 heterocycles. The first-order valence-corrected chi connectivity index (χ1v) is 11.3. The molecule has 0 bridgehead atoms. The smallest absolute Gasteiger partial charge is 0.342 e. The number of carbonyl (C=O) groups excluding carboxylic acids is 3.